The quantitative estimate of drug-likeness (QED) is 0.857. The number of carbonyl (C=O) groups is 2. The van der Waals surface area contributed by atoms with E-state index in [0.717, 1.165) is 31.2 Å². The van der Waals surface area contributed by atoms with Crippen LogP contribution >= 0.6 is 0 Å². The number of aryl methyl sites for hydroxylation is 1. The molecule has 2 amide bonds. The van der Waals surface area contributed by atoms with Crippen LogP contribution < -0.4 is 0 Å². The molecule has 1 aliphatic carbocycles. The zero-order chi connectivity index (χ0) is 16.2. The maximum absolute atomic E-state index is 12.6. The van der Waals surface area contributed by atoms with Crippen LogP contribution in [-0.4, -0.2) is 47.8 Å². The largest absolute Gasteiger partial charge is 0.339 e. The van der Waals surface area contributed by atoms with Crippen molar-refractivity contribution in [3.63, 3.8) is 0 Å². The van der Waals surface area contributed by atoms with Gasteiger partial charge in [0.1, 0.15) is 0 Å². The first kappa shape index (κ1) is 16.0. The van der Waals surface area contributed by atoms with Crippen molar-refractivity contribution in [2.24, 2.45) is 5.92 Å². The summed E-state index contributed by atoms with van der Waals surface area (Å²) in [5.74, 6) is 0.638. The molecule has 124 valence electrons. The lowest BCUT2D eigenvalue weighted by molar-refractivity contribution is -0.139. The summed E-state index contributed by atoms with van der Waals surface area (Å²) >= 11 is 0. The molecule has 0 aromatic heterocycles. The van der Waals surface area contributed by atoms with Gasteiger partial charge in [0.05, 0.1) is 0 Å². The first-order valence-corrected chi connectivity index (χ1v) is 8.86. The van der Waals surface area contributed by atoms with Crippen molar-refractivity contribution >= 4 is 11.8 Å². The van der Waals surface area contributed by atoms with E-state index in [1.165, 1.54) is 12.0 Å². The monoisotopic (exact) mass is 314 g/mol. The molecule has 3 rings (SSSR count). The number of carbonyl (C=O) groups excluding carboxylic acids is 2. The highest BCUT2D eigenvalue weighted by molar-refractivity contribution is 5.94. The molecule has 1 aliphatic heterocycles. The number of nitrogens with zero attached hydrogens (tertiary/aromatic N) is 2. The Morgan fingerprint density at radius 3 is 2.13 bits per heavy atom. The summed E-state index contributed by atoms with van der Waals surface area (Å²) in [6.45, 7) is 4.80. The highest BCUT2D eigenvalue weighted by Crippen LogP contribution is 2.28. The Morgan fingerprint density at radius 1 is 1.00 bits per heavy atom. The van der Waals surface area contributed by atoms with Crippen molar-refractivity contribution in [2.75, 3.05) is 26.2 Å². The van der Waals surface area contributed by atoms with E-state index < -0.39 is 0 Å². The first-order chi connectivity index (χ1) is 11.2. The maximum Gasteiger partial charge on any atom is 0.253 e. The van der Waals surface area contributed by atoms with Crippen molar-refractivity contribution in [1.82, 2.24) is 9.80 Å². The van der Waals surface area contributed by atoms with Crippen LogP contribution in [0.3, 0.4) is 0 Å². The maximum atomic E-state index is 12.6. The predicted octanol–water partition coefficient (Wildman–Crippen LogP) is 2.72. The zero-order valence-electron chi connectivity index (χ0n) is 14.0. The van der Waals surface area contributed by atoms with Crippen LogP contribution in [0.5, 0.6) is 0 Å². The highest BCUT2D eigenvalue weighted by atomic mass is 16.2. The van der Waals surface area contributed by atoms with E-state index in [4.69, 9.17) is 0 Å². The van der Waals surface area contributed by atoms with Gasteiger partial charge in [0.15, 0.2) is 0 Å². The lowest BCUT2D eigenvalue weighted by atomic mass is 9.84. The number of hydrogen-bond acceptors (Lipinski definition) is 2. The van der Waals surface area contributed by atoms with Crippen molar-refractivity contribution in [2.45, 2.75) is 39.0 Å². The van der Waals surface area contributed by atoms with E-state index in [2.05, 4.69) is 6.92 Å². The van der Waals surface area contributed by atoms with Gasteiger partial charge in [0.2, 0.25) is 5.91 Å². The lowest BCUT2D eigenvalue weighted by Crippen LogP contribution is -2.52. The smallest absolute Gasteiger partial charge is 0.253 e. The standard InChI is InChI=1S/C19H26N2O2/c1-2-4-15-7-9-17(10-8-15)19(23)21-13-11-20(12-14-21)18(22)16-5-3-6-16/h7-10,16H,2-6,11-14H2,1H3. The summed E-state index contributed by atoms with van der Waals surface area (Å²) in [7, 11) is 0. The SMILES string of the molecule is CCCc1ccc(C(=O)N2CCN(C(=O)C3CCC3)CC2)cc1. The Labute approximate surface area is 138 Å². The van der Waals surface area contributed by atoms with E-state index >= 15 is 0 Å². The van der Waals surface area contributed by atoms with Gasteiger partial charge in [-0.05, 0) is 37.0 Å². The Morgan fingerprint density at radius 2 is 1.61 bits per heavy atom. The molecule has 1 heterocycles. The minimum Gasteiger partial charge on any atom is -0.339 e. The van der Waals surface area contributed by atoms with Crippen molar-refractivity contribution in [3.05, 3.63) is 35.4 Å². The number of hydrogen-bond donors (Lipinski definition) is 0. The summed E-state index contributed by atoms with van der Waals surface area (Å²) in [5.41, 5.74) is 2.03. The van der Waals surface area contributed by atoms with Gasteiger partial charge in [0.25, 0.3) is 5.91 Å². The van der Waals surface area contributed by atoms with Crippen LogP contribution in [0.4, 0.5) is 0 Å². The van der Waals surface area contributed by atoms with Gasteiger partial charge < -0.3 is 9.80 Å². The molecule has 4 nitrogen and oxygen atoms in total. The molecule has 0 atom stereocenters. The second kappa shape index (κ2) is 7.16. The van der Waals surface area contributed by atoms with Crippen LogP contribution in [0.2, 0.25) is 0 Å². The summed E-state index contributed by atoms with van der Waals surface area (Å²) in [5, 5.41) is 0. The van der Waals surface area contributed by atoms with Gasteiger partial charge in [-0.3, -0.25) is 9.59 Å². The summed E-state index contributed by atoms with van der Waals surface area (Å²) < 4.78 is 0. The Bertz CT molecular complexity index is 555. The van der Waals surface area contributed by atoms with Gasteiger partial charge in [-0.1, -0.05) is 31.9 Å². The third kappa shape index (κ3) is 3.57. The molecule has 1 saturated heterocycles. The molecule has 1 saturated carbocycles. The molecule has 4 heteroatoms. The lowest BCUT2D eigenvalue weighted by Gasteiger charge is -2.38. The zero-order valence-corrected chi connectivity index (χ0v) is 14.0. The molecule has 23 heavy (non-hydrogen) atoms. The van der Waals surface area contributed by atoms with Crippen LogP contribution in [-0.2, 0) is 11.2 Å². The van der Waals surface area contributed by atoms with Crippen molar-refractivity contribution in [3.8, 4) is 0 Å². The Balaban J connectivity index is 1.54. The van der Waals surface area contributed by atoms with Crippen molar-refractivity contribution in [1.29, 1.82) is 0 Å². The third-order valence-corrected chi connectivity index (χ3v) is 5.07. The second-order valence-corrected chi connectivity index (χ2v) is 6.69. The van der Waals surface area contributed by atoms with Gasteiger partial charge in [-0.15, -0.1) is 0 Å². The number of rotatable bonds is 4. The fraction of sp³-hybridized carbons (Fsp3) is 0.579. The minimum absolute atomic E-state index is 0.0868. The minimum atomic E-state index is 0.0868. The van der Waals surface area contributed by atoms with E-state index in [-0.39, 0.29) is 11.8 Å². The molecule has 1 aromatic carbocycles. The Kier molecular flexibility index (Phi) is 4.99. The van der Waals surface area contributed by atoms with E-state index in [1.807, 2.05) is 34.1 Å². The highest BCUT2D eigenvalue weighted by Gasteiger charge is 2.32. The van der Waals surface area contributed by atoms with Crippen LogP contribution in [0.15, 0.2) is 24.3 Å². The van der Waals surface area contributed by atoms with E-state index in [0.29, 0.717) is 32.1 Å². The molecular weight excluding hydrogens is 288 g/mol. The van der Waals surface area contributed by atoms with Crippen molar-refractivity contribution < 1.29 is 9.59 Å². The van der Waals surface area contributed by atoms with Crippen LogP contribution in [0.1, 0.15) is 48.5 Å². The average Bonchev–Trinajstić information content (AvgIpc) is 2.54. The predicted molar refractivity (Wildman–Crippen MR) is 90.3 cm³/mol. The molecule has 0 spiro atoms. The number of piperazine rings is 1. The summed E-state index contributed by atoms with van der Waals surface area (Å²) in [6.07, 6.45) is 5.44. The Hall–Kier alpha value is -1.84. The fourth-order valence-electron chi connectivity index (χ4n) is 3.33. The molecule has 0 unspecified atom stereocenters. The number of amides is 2. The number of benzene rings is 1. The second-order valence-electron chi connectivity index (χ2n) is 6.69. The summed E-state index contributed by atoms with van der Waals surface area (Å²) in [6, 6.07) is 7.96. The molecule has 2 aliphatic rings. The van der Waals surface area contributed by atoms with E-state index in [1.54, 1.807) is 0 Å². The molecule has 2 fully saturated rings. The molecular formula is C19H26N2O2. The van der Waals surface area contributed by atoms with Gasteiger partial charge in [-0.2, -0.15) is 0 Å². The molecule has 1 aromatic rings. The topological polar surface area (TPSA) is 40.6 Å². The van der Waals surface area contributed by atoms with Crippen LogP contribution in [0, 0.1) is 5.92 Å². The first-order valence-electron chi connectivity index (χ1n) is 8.86. The third-order valence-electron chi connectivity index (χ3n) is 5.07. The molecule has 0 N–H and O–H groups in total. The summed E-state index contributed by atoms with van der Waals surface area (Å²) in [4.78, 5) is 28.6. The molecule has 0 bridgehead atoms. The van der Waals surface area contributed by atoms with E-state index in [9.17, 15) is 9.59 Å². The molecule has 0 radical (unpaired) electrons. The van der Waals surface area contributed by atoms with Gasteiger partial charge in [0, 0.05) is 37.7 Å². The normalized spacial score (nSPS) is 18.7. The fourth-order valence-corrected chi connectivity index (χ4v) is 3.33. The van der Waals surface area contributed by atoms with Gasteiger partial charge in [-0.25, -0.2) is 0 Å². The van der Waals surface area contributed by atoms with Crippen LogP contribution in [0.25, 0.3) is 0 Å². The van der Waals surface area contributed by atoms with Gasteiger partial charge >= 0.3 is 0 Å². The average molecular weight is 314 g/mol.